The van der Waals surface area contributed by atoms with Gasteiger partial charge in [-0.1, -0.05) is 71.1 Å². The molecule has 0 aliphatic rings. The minimum absolute atomic E-state index is 0.0105. The van der Waals surface area contributed by atoms with Gasteiger partial charge in [-0.05, 0) is 13.3 Å². The summed E-state index contributed by atoms with van der Waals surface area (Å²) in [5.74, 6) is -0.212. The van der Waals surface area contributed by atoms with Crippen LogP contribution >= 0.6 is 0 Å². The third-order valence-electron chi connectivity index (χ3n) is 6.40. The molecule has 2 heterocycles. The Morgan fingerprint density at radius 3 is 2.14 bits per heavy atom. The first-order chi connectivity index (χ1) is 17.8. The summed E-state index contributed by atoms with van der Waals surface area (Å²) >= 11 is 0. The number of nitrogens with zero attached hydrogens (tertiary/aromatic N) is 2. The number of ether oxygens (including phenoxy) is 1. The van der Waals surface area contributed by atoms with E-state index in [0.29, 0.717) is 0 Å². The average molecular weight is 525 g/mol. The zero-order chi connectivity index (χ0) is 27.0. The molecule has 4 N–H and O–H groups in total. The molecular weight excluding hydrogens is 480 g/mol. The summed E-state index contributed by atoms with van der Waals surface area (Å²) in [6, 6.07) is 0. The number of aliphatic hydroxyl groups is 4. The highest BCUT2D eigenvalue weighted by Gasteiger charge is 2.30. The standard InChI is InChI=1S/C27H44N2O8/c1-3-4-5-6-7-8-9-10-11-12-13-14-24(33)37-26(23-16-28-18-36-23)27-29-20(17-35-27)21(31)15-22(32)25(34)19(2)30/h16-19,21-22,25-26,30-32,34H,3-15H2,1-2H3/t19-,21+,22-,25+,26?/m0/s1. The van der Waals surface area contributed by atoms with Crippen molar-refractivity contribution in [1.82, 2.24) is 9.97 Å². The molecule has 0 saturated carbocycles. The summed E-state index contributed by atoms with van der Waals surface area (Å²) in [4.78, 5) is 20.6. The number of hydrogen-bond donors (Lipinski definition) is 4. The molecule has 10 heteroatoms. The summed E-state index contributed by atoms with van der Waals surface area (Å²) in [5.41, 5.74) is 0.0813. The largest absolute Gasteiger partial charge is 0.445 e. The van der Waals surface area contributed by atoms with Crippen molar-refractivity contribution in [1.29, 1.82) is 0 Å². The number of aliphatic hydroxyl groups excluding tert-OH is 4. The van der Waals surface area contributed by atoms with Crippen LogP contribution in [-0.2, 0) is 9.53 Å². The Hall–Kier alpha value is -2.27. The maximum Gasteiger partial charge on any atom is 0.307 e. The smallest absolute Gasteiger partial charge is 0.307 e. The number of aromatic nitrogens is 2. The third kappa shape index (κ3) is 11.3. The van der Waals surface area contributed by atoms with Crippen LogP contribution in [0.2, 0.25) is 0 Å². The zero-order valence-electron chi connectivity index (χ0n) is 22.1. The highest BCUT2D eigenvalue weighted by molar-refractivity contribution is 5.69. The Labute approximate surface area is 219 Å². The third-order valence-corrected chi connectivity index (χ3v) is 6.40. The fourth-order valence-electron chi connectivity index (χ4n) is 4.09. The second kappa shape index (κ2) is 17.3. The Bertz CT molecular complexity index is 854. The van der Waals surface area contributed by atoms with Crippen molar-refractivity contribution in [3.63, 3.8) is 0 Å². The van der Waals surface area contributed by atoms with E-state index in [1.54, 1.807) is 0 Å². The lowest BCUT2D eigenvalue weighted by molar-refractivity contribution is -0.149. The topological polar surface area (TPSA) is 159 Å². The van der Waals surface area contributed by atoms with Crippen LogP contribution in [-0.4, -0.2) is 54.7 Å². The lowest BCUT2D eigenvalue weighted by Crippen LogP contribution is -2.36. The van der Waals surface area contributed by atoms with Crippen LogP contribution in [0.3, 0.4) is 0 Å². The van der Waals surface area contributed by atoms with Gasteiger partial charge in [0.1, 0.15) is 24.2 Å². The highest BCUT2D eigenvalue weighted by atomic mass is 16.6. The number of esters is 1. The van der Waals surface area contributed by atoms with Gasteiger partial charge in [0.05, 0.1) is 18.4 Å². The van der Waals surface area contributed by atoms with E-state index in [2.05, 4.69) is 16.9 Å². The molecule has 2 rings (SSSR count). The van der Waals surface area contributed by atoms with E-state index in [9.17, 15) is 25.2 Å². The van der Waals surface area contributed by atoms with E-state index in [0.717, 1.165) is 19.3 Å². The molecule has 0 saturated heterocycles. The van der Waals surface area contributed by atoms with Crippen LogP contribution in [0.25, 0.3) is 0 Å². The monoisotopic (exact) mass is 524 g/mol. The van der Waals surface area contributed by atoms with Gasteiger partial charge in [-0.3, -0.25) is 4.79 Å². The summed E-state index contributed by atoms with van der Waals surface area (Å²) in [6.45, 7) is 3.56. The second-order valence-corrected chi connectivity index (χ2v) is 9.72. The minimum atomic E-state index is -1.42. The number of carbonyl (C=O) groups is 1. The molecule has 0 fully saturated rings. The van der Waals surface area contributed by atoms with E-state index in [4.69, 9.17) is 13.6 Å². The fraction of sp³-hybridized carbons (Fsp3) is 0.741. The number of hydrogen-bond acceptors (Lipinski definition) is 10. The summed E-state index contributed by atoms with van der Waals surface area (Å²) < 4.78 is 16.3. The predicted molar refractivity (Wildman–Crippen MR) is 135 cm³/mol. The maximum atomic E-state index is 12.5. The van der Waals surface area contributed by atoms with Gasteiger partial charge in [0.25, 0.3) is 0 Å². The first-order valence-electron chi connectivity index (χ1n) is 13.6. The average Bonchev–Trinajstić information content (AvgIpc) is 3.58. The molecule has 0 aliphatic carbocycles. The molecule has 10 nitrogen and oxygen atoms in total. The van der Waals surface area contributed by atoms with Gasteiger partial charge in [-0.25, -0.2) is 9.97 Å². The Balaban J connectivity index is 1.79. The van der Waals surface area contributed by atoms with E-state index in [-0.39, 0.29) is 30.2 Å². The SMILES string of the molecule is CCCCCCCCCCCCCC(=O)OC(c1cnco1)c1nc([C@H](O)C[C@H](O)[C@H](O)[C@H](C)O)co1. The first-order valence-corrected chi connectivity index (χ1v) is 13.6. The van der Waals surface area contributed by atoms with Gasteiger partial charge in [0, 0.05) is 12.8 Å². The van der Waals surface area contributed by atoms with Crippen LogP contribution < -0.4 is 0 Å². The van der Waals surface area contributed by atoms with Gasteiger partial charge in [0.15, 0.2) is 12.2 Å². The van der Waals surface area contributed by atoms with Crippen LogP contribution in [0.5, 0.6) is 0 Å². The number of oxazole rings is 2. The van der Waals surface area contributed by atoms with E-state index >= 15 is 0 Å². The van der Waals surface area contributed by atoms with Crippen molar-refractivity contribution in [3.05, 3.63) is 36.2 Å². The van der Waals surface area contributed by atoms with Gasteiger partial charge >= 0.3 is 5.97 Å². The predicted octanol–water partition coefficient (Wildman–Crippen LogP) is 4.52. The molecule has 0 spiro atoms. The summed E-state index contributed by atoms with van der Waals surface area (Å²) in [5, 5.41) is 39.5. The van der Waals surface area contributed by atoms with Crippen molar-refractivity contribution < 1.29 is 38.8 Å². The Kier molecular flexibility index (Phi) is 14.5. The van der Waals surface area contributed by atoms with Gasteiger partial charge in [-0.15, -0.1) is 0 Å². The molecule has 2 aromatic heterocycles. The van der Waals surface area contributed by atoms with Crippen molar-refractivity contribution in [2.24, 2.45) is 0 Å². The molecule has 0 bridgehead atoms. The lowest BCUT2D eigenvalue weighted by atomic mass is 10.0. The molecule has 0 amide bonds. The first kappa shape index (κ1) is 31.0. The number of rotatable bonds is 20. The molecule has 5 atom stereocenters. The number of unbranched alkanes of at least 4 members (excludes halogenated alkanes) is 10. The summed E-state index contributed by atoms with van der Waals surface area (Å²) in [6.07, 6.45) is 10.5. The van der Waals surface area contributed by atoms with Gasteiger partial charge in [-0.2, -0.15) is 0 Å². The molecule has 0 aromatic carbocycles. The summed E-state index contributed by atoms with van der Waals surface area (Å²) in [7, 11) is 0. The highest BCUT2D eigenvalue weighted by Crippen LogP contribution is 2.29. The lowest BCUT2D eigenvalue weighted by Gasteiger charge is -2.21. The van der Waals surface area contributed by atoms with Crippen molar-refractivity contribution >= 4 is 5.97 Å². The zero-order valence-corrected chi connectivity index (χ0v) is 22.1. The molecule has 1 unspecified atom stereocenters. The van der Waals surface area contributed by atoms with Crippen molar-refractivity contribution in [2.45, 2.75) is 128 Å². The van der Waals surface area contributed by atoms with Crippen LogP contribution in [0.4, 0.5) is 0 Å². The van der Waals surface area contributed by atoms with Crippen molar-refractivity contribution in [2.75, 3.05) is 0 Å². The number of carbonyl (C=O) groups excluding carboxylic acids is 1. The van der Waals surface area contributed by atoms with Crippen LogP contribution in [0.1, 0.15) is 127 Å². The molecular formula is C27H44N2O8. The Morgan fingerprint density at radius 1 is 0.946 bits per heavy atom. The van der Waals surface area contributed by atoms with Crippen LogP contribution in [0.15, 0.2) is 27.7 Å². The molecule has 2 aromatic rings. The Morgan fingerprint density at radius 2 is 1.57 bits per heavy atom. The van der Waals surface area contributed by atoms with E-state index < -0.39 is 36.5 Å². The molecule has 37 heavy (non-hydrogen) atoms. The van der Waals surface area contributed by atoms with Crippen molar-refractivity contribution in [3.8, 4) is 0 Å². The fourth-order valence-corrected chi connectivity index (χ4v) is 4.09. The normalized spacial score (nSPS) is 15.7. The molecule has 0 radical (unpaired) electrons. The minimum Gasteiger partial charge on any atom is -0.445 e. The van der Waals surface area contributed by atoms with Crippen LogP contribution in [0, 0.1) is 0 Å². The molecule has 0 aliphatic heterocycles. The van der Waals surface area contributed by atoms with Gasteiger partial charge < -0.3 is 34.0 Å². The quantitative estimate of drug-likeness (QED) is 0.143. The van der Waals surface area contributed by atoms with E-state index in [1.165, 1.54) is 77.1 Å². The molecule has 210 valence electrons. The van der Waals surface area contributed by atoms with Gasteiger partial charge in [0.2, 0.25) is 12.0 Å². The van der Waals surface area contributed by atoms with E-state index in [1.807, 2.05) is 0 Å². The second-order valence-electron chi connectivity index (χ2n) is 9.72. The maximum absolute atomic E-state index is 12.5.